The molecule has 0 aliphatic heterocycles. The van der Waals surface area contributed by atoms with Gasteiger partial charge in [-0.3, -0.25) is 4.79 Å². The Morgan fingerprint density at radius 1 is 1.37 bits per heavy atom. The lowest BCUT2D eigenvalue weighted by molar-refractivity contribution is -0.119. The van der Waals surface area contributed by atoms with Gasteiger partial charge in [-0.1, -0.05) is 18.2 Å². The van der Waals surface area contributed by atoms with E-state index in [-0.39, 0.29) is 5.91 Å². The number of rotatable bonds is 5. The Bertz CT molecular complexity index is 565. The number of benzene rings is 1. The van der Waals surface area contributed by atoms with E-state index in [0.717, 1.165) is 22.0 Å². The largest absolute Gasteiger partial charge is 0.379 e. The summed E-state index contributed by atoms with van der Waals surface area (Å²) >= 11 is 1.64. The maximum Gasteiger partial charge on any atom is 0.224 e. The fourth-order valence-electron chi connectivity index (χ4n) is 1.78. The Labute approximate surface area is 116 Å². The number of amides is 1. The Balaban J connectivity index is 2.05. The van der Waals surface area contributed by atoms with Crippen molar-refractivity contribution in [1.29, 1.82) is 0 Å². The van der Waals surface area contributed by atoms with Gasteiger partial charge in [0.15, 0.2) is 0 Å². The summed E-state index contributed by atoms with van der Waals surface area (Å²) in [4.78, 5) is 15.9. The predicted molar refractivity (Wildman–Crippen MR) is 78.4 cm³/mol. The number of carbonyl (C=O) groups excluding carboxylic acids is 1. The van der Waals surface area contributed by atoms with Crippen molar-refractivity contribution in [3.8, 4) is 0 Å². The van der Waals surface area contributed by atoms with Crippen molar-refractivity contribution in [3.05, 3.63) is 45.9 Å². The van der Waals surface area contributed by atoms with Gasteiger partial charge in [0.25, 0.3) is 0 Å². The highest BCUT2D eigenvalue weighted by atomic mass is 32.1. The van der Waals surface area contributed by atoms with Crippen LogP contribution in [0, 0.1) is 6.92 Å². The summed E-state index contributed by atoms with van der Waals surface area (Å²) in [6.07, 6.45) is 0.385. The minimum Gasteiger partial charge on any atom is -0.379 e. The molecule has 0 radical (unpaired) electrons. The van der Waals surface area contributed by atoms with Crippen molar-refractivity contribution in [2.45, 2.75) is 19.9 Å². The van der Waals surface area contributed by atoms with Crippen LogP contribution in [0.3, 0.4) is 0 Å². The van der Waals surface area contributed by atoms with Gasteiger partial charge in [-0.25, -0.2) is 4.98 Å². The number of nitrogens with one attached hydrogen (secondary N) is 2. The lowest BCUT2D eigenvalue weighted by Gasteiger charge is -2.10. The fourth-order valence-corrected chi connectivity index (χ4v) is 2.40. The number of aromatic nitrogens is 1. The van der Waals surface area contributed by atoms with Gasteiger partial charge in [-0.15, -0.1) is 11.3 Å². The molecule has 1 aromatic carbocycles. The van der Waals surface area contributed by atoms with E-state index in [2.05, 4.69) is 15.6 Å². The van der Waals surface area contributed by atoms with Crippen molar-refractivity contribution in [1.82, 2.24) is 10.3 Å². The van der Waals surface area contributed by atoms with E-state index in [4.69, 9.17) is 0 Å². The quantitative estimate of drug-likeness (QED) is 0.880. The number of para-hydroxylation sites is 1. The van der Waals surface area contributed by atoms with E-state index in [1.54, 1.807) is 18.4 Å². The van der Waals surface area contributed by atoms with E-state index in [1.165, 1.54) is 0 Å². The smallest absolute Gasteiger partial charge is 0.224 e. The molecule has 5 heteroatoms. The van der Waals surface area contributed by atoms with Crippen LogP contribution >= 0.6 is 11.3 Å². The van der Waals surface area contributed by atoms with Crippen LogP contribution in [0.5, 0.6) is 0 Å². The summed E-state index contributed by atoms with van der Waals surface area (Å²) in [5.74, 6) is 0.0127. The highest BCUT2D eigenvalue weighted by Gasteiger charge is 2.06. The molecule has 2 rings (SSSR count). The Morgan fingerprint density at radius 2 is 2.16 bits per heavy atom. The Hall–Kier alpha value is -1.88. The zero-order valence-electron chi connectivity index (χ0n) is 11.1. The lowest BCUT2D eigenvalue weighted by atomic mass is 10.1. The normalized spacial score (nSPS) is 10.2. The first-order chi connectivity index (χ1) is 9.19. The molecule has 19 heavy (non-hydrogen) atoms. The molecule has 2 aromatic rings. The van der Waals surface area contributed by atoms with Crippen LogP contribution in [0.15, 0.2) is 29.6 Å². The zero-order valence-corrected chi connectivity index (χ0v) is 11.9. The van der Waals surface area contributed by atoms with Crippen molar-refractivity contribution in [2.75, 3.05) is 12.4 Å². The SMILES string of the molecule is CNC(=O)Cc1ccccc1NCc1csc(C)n1. The summed E-state index contributed by atoms with van der Waals surface area (Å²) in [7, 11) is 1.65. The number of hydrogen-bond acceptors (Lipinski definition) is 4. The third-order valence-corrected chi connectivity index (χ3v) is 3.60. The Morgan fingerprint density at radius 3 is 2.84 bits per heavy atom. The molecule has 0 spiro atoms. The molecule has 0 saturated heterocycles. The lowest BCUT2D eigenvalue weighted by Crippen LogP contribution is -2.20. The minimum atomic E-state index is 0.0127. The summed E-state index contributed by atoms with van der Waals surface area (Å²) < 4.78 is 0. The van der Waals surface area contributed by atoms with Crippen LogP contribution < -0.4 is 10.6 Å². The molecule has 1 amide bonds. The average molecular weight is 275 g/mol. The van der Waals surface area contributed by atoms with E-state index >= 15 is 0 Å². The van der Waals surface area contributed by atoms with Crippen LogP contribution in [-0.4, -0.2) is 17.9 Å². The number of hydrogen-bond donors (Lipinski definition) is 2. The third kappa shape index (κ3) is 3.79. The van der Waals surface area contributed by atoms with Gasteiger partial charge in [0.05, 0.1) is 23.7 Å². The topological polar surface area (TPSA) is 54.0 Å². The molecule has 0 aliphatic carbocycles. The van der Waals surface area contributed by atoms with Gasteiger partial charge in [-0.05, 0) is 18.6 Å². The molecular formula is C14H17N3OS. The number of nitrogens with zero attached hydrogens (tertiary/aromatic N) is 1. The second kappa shape index (κ2) is 6.33. The van der Waals surface area contributed by atoms with E-state index < -0.39 is 0 Å². The van der Waals surface area contributed by atoms with Crippen molar-refractivity contribution < 1.29 is 4.79 Å². The number of likely N-dealkylation sites (N-methyl/N-ethyl adjacent to an activating group) is 1. The highest BCUT2D eigenvalue weighted by Crippen LogP contribution is 2.17. The van der Waals surface area contributed by atoms with Crippen molar-refractivity contribution in [3.63, 3.8) is 0 Å². The summed E-state index contributed by atoms with van der Waals surface area (Å²) in [5, 5.41) is 9.09. The van der Waals surface area contributed by atoms with Gasteiger partial charge in [0, 0.05) is 18.1 Å². The molecule has 0 bridgehead atoms. The molecule has 0 aliphatic rings. The second-order valence-corrected chi connectivity index (χ2v) is 5.28. The second-order valence-electron chi connectivity index (χ2n) is 4.22. The van der Waals surface area contributed by atoms with Gasteiger partial charge in [0.1, 0.15) is 0 Å². The number of aryl methyl sites for hydroxylation is 1. The van der Waals surface area contributed by atoms with Crippen LogP contribution in [0.25, 0.3) is 0 Å². The first-order valence-corrected chi connectivity index (χ1v) is 7.00. The number of anilines is 1. The number of thiazole rings is 1. The highest BCUT2D eigenvalue weighted by molar-refractivity contribution is 7.09. The minimum absolute atomic E-state index is 0.0127. The van der Waals surface area contributed by atoms with Crippen molar-refractivity contribution >= 4 is 22.9 Å². The van der Waals surface area contributed by atoms with Gasteiger partial charge in [0.2, 0.25) is 5.91 Å². The number of carbonyl (C=O) groups is 1. The summed E-state index contributed by atoms with van der Waals surface area (Å²) in [5.41, 5.74) is 3.00. The predicted octanol–water partition coefficient (Wildman–Crippen LogP) is 2.35. The van der Waals surface area contributed by atoms with Crippen LogP contribution in [0.1, 0.15) is 16.3 Å². The van der Waals surface area contributed by atoms with E-state index in [9.17, 15) is 4.79 Å². The standard InChI is InChI=1S/C14H17N3OS/c1-10-17-12(9-19-10)8-16-13-6-4-3-5-11(13)7-14(18)15-2/h3-6,9,16H,7-8H2,1-2H3,(H,15,18). The molecule has 0 atom stereocenters. The molecule has 1 aromatic heterocycles. The molecule has 4 nitrogen and oxygen atoms in total. The molecule has 100 valence electrons. The van der Waals surface area contributed by atoms with Crippen molar-refractivity contribution in [2.24, 2.45) is 0 Å². The molecular weight excluding hydrogens is 258 g/mol. The zero-order chi connectivity index (χ0) is 13.7. The molecule has 2 N–H and O–H groups in total. The summed E-state index contributed by atoms with van der Waals surface area (Å²) in [6.45, 7) is 2.67. The molecule has 0 saturated carbocycles. The van der Waals surface area contributed by atoms with Crippen LogP contribution in [0.2, 0.25) is 0 Å². The van der Waals surface area contributed by atoms with Crippen LogP contribution in [0.4, 0.5) is 5.69 Å². The van der Waals surface area contributed by atoms with Gasteiger partial charge in [-0.2, -0.15) is 0 Å². The van der Waals surface area contributed by atoms with E-state index in [0.29, 0.717) is 13.0 Å². The third-order valence-electron chi connectivity index (χ3n) is 2.77. The monoisotopic (exact) mass is 275 g/mol. The fraction of sp³-hybridized carbons (Fsp3) is 0.286. The van der Waals surface area contributed by atoms with Crippen LogP contribution in [-0.2, 0) is 17.8 Å². The maximum absolute atomic E-state index is 11.5. The first kappa shape index (κ1) is 13.5. The molecule has 0 fully saturated rings. The molecule has 1 heterocycles. The molecule has 0 unspecified atom stereocenters. The average Bonchev–Trinajstić information content (AvgIpc) is 2.83. The van der Waals surface area contributed by atoms with E-state index in [1.807, 2.05) is 36.6 Å². The summed E-state index contributed by atoms with van der Waals surface area (Å²) in [6, 6.07) is 7.85. The Kier molecular flexibility index (Phi) is 4.52. The maximum atomic E-state index is 11.5. The van der Waals surface area contributed by atoms with Gasteiger partial charge >= 0.3 is 0 Å². The van der Waals surface area contributed by atoms with Gasteiger partial charge < -0.3 is 10.6 Å². The first-order valence-electron chi connectivity index (χ1n) is 6.12.